The van der Waals surface area contributed by atoms with Crippen molar-refractivity contribution < 1.29 is 0 Å². The molecule has 0 bridgehead atoms. The third-order valence-electron chi connectivity index (χ3n) is 3.72. The van der Waals surface area contributed by atoms with E-state index in [4.69, 9.17) is 5.73 Å². The van der Waals surface area contributed by atoms with Crippen molar-refractivity contribution in [1.82, 2.24) is 9.55 Å². The van der Waals surface area contributed by atoms with E-state index in [1.54, 1.807) is 0 Å². The standard InChI is InChI=1S/C12H21N3S/c1-3-10(13)11-7-14-9-15(11)8-12(16-2)5-4-6-12/h7,9-10H,3-6,8,13H2,1-2H3/t10-/m1/s1. The minimum absolute atomic E-state index is 0.126. The van der Waals surface area contributed by atoms with Gasteiger partial charge in [0, 0.05) is 23.5 Å². The Balaban J connectivity index is 2.12. The van der Waals surface area contributed by atoms with Crippen LogP contribution in [0.4, 0.5) is 0 Å². The van der Waals surface area contributed by atoms with Gasteiger partial charge in [0.1, 0.15) is 0 Å². The quantitative estimate of drug-likeness (QED) is 0.859. The third kappa shape index (κ3) is 2.13. The van der Waals surface area contributed by atoms with E-state index < -0.39 is 0 Å². The Hall–Kier alpha value is -0.480. The van der Waals surface area contributed by atoms with Crippen LogP contribution in [0.3, 0.4) is 0 Å². The van der Waals surface area contributed by atoms with Crippen molar-refractivity contribution in [1.29, 1.82) is 0 Å². The van der Waals surface area contributed by atoms with Crippen LogP contribution in [0.2, 0.25) is 0 Å². The molecular formula is C12H21N3S. The molecule has 3 nitrogen and oxygen atoms in total. The van der Waals surface area contributed by atoms with Gasteiger partial charge in [-0.05, 0) is 25.5 Å². The van der Waals surface area contributed by atoms with Gasteiger partial charge in [-0.1, -0.05) is 13.3 Å². The Morgan fingerprint density at radius 2 is 2.38 bits per heavy atom. The number of hydrogen-bond donors (Lipinski definition) is 1. The fourth-order valence-electron chi connectivity index (χ4n) is 2.29. The lowest BCUT2D eigenvalue weighted by molar-refractivity contribution is 0.316. The number of nitrogens with two attached hydrogens (primary N) is 1. The van der Waals surface area contributed by atoms with E-state index in [0.29, 0.717) is 4.75 Å². The summed E-state index contributed by atoms with van der Waals surface area (Å²) >= 11 is 2.00. The zero-order valence-electron chi connectivity index (χ0n) is 10.1. The highest BCUT2D eigenvalue weighted by molar-refractivity contribution is 8.00. The number of hydrogen-bond acceptors (Lipinski definition) is 3. The van der Waals surface area contributed by atoms with Crippen molar-refractivity contribution in [3.05, 3.63) is 18.2 Å². The van der Waals surface area contributed by atoms with Crippen molar-refractivity contribution in [3.8, 4) is 0 Å². The molecule has 0 unspecified atom stereocenters. The van der Waals surface area contributed by atoms with Gasteiger partial charge in [0.05, 0.1) is 12.0 Å². The lowest BCUT2D eigenvalue weighted by atomic mass is 9.84. The molecule has 0 spiro atoms. The lowest BCUT2D eigenvalue weighted by Gasteiger charge is -2.41. The predicted octanol–water partition coefficient (Wildman–Crippen LogP) is 2.58. The number of thioether (sulfide) groups is 1. The average molecular weight is 239 g/mol. The van der Waals surface area contributed by atoms with Gasteiger partial charge in [-0.2, -0.15) is 11.8 Å². The number of rotatable bonds is 5. The van der Waals surface area contributed by atoms with Crippen LogP contribution < -0.4 is 5.73 Å². The lowest BCUT2D eigenvalue weighted by Crippen LogP contribution is -2.38. The monoisotopic (exact) mass is 239 g/mol. The molecular weight excluding hydrogens is 218 g/mol. The summed E-state index contributed by atoms with van der Waals surface area (Å²) in [5, 5.41) is 0. The molecule has 0 aromatic carbocycles. The summed E-state index contributed by atoms with van der Waals surface area (Å²) in [6.07, 6.45) is 11.1. The van der Waals surface area contributed by atoms with Gasteiger partial charge in [0.2, 0.25) is 0 Å². The maximum absolute atomic E-state index is 6.09. The molecule has 1 heterocycles. The van der Waals surface area contributed by atoms with Crippen LogP contribution in [0.1, 0.15) is 44.3 Å². The Kier molecular flexibility index (Phi) is 3.60. The van der Waals surface area contributed by atoms with Gasteiger partial charge in [-0.15, -0.1) is 0 Å². The minimum atomic E-state index is 0.126. The highest BCUT2D eigenvalue weighted by Gasteiger charge is 2.36. The fraction of sp³-hybridized carbons (Fsp3) is 0.750. The number of aromatic nitrogens is 2. The van der Waals surface area contributed by atoms with Crippen LogP contribution in [0.25, 0.3) is 0 Å². The van der Waals surface area contributed by atoms with Gasteiger partial charge < -0.3 is 10.3 Å². The van der Waals surface area contributed by atoms with E-state index in [9.17, 15) is 0 Å². The molecule has 16 heavy (non-hydrogen) atoms. The van der Waals surface area contributed by atoms with Gasteiger partial charge >= 0.3 is 0 Å². The van der Waals surface area contributed by atoms with Crippen molar-refractivity contribution in [3.63, 3.8) is 0 Å². The third-order valence-corrected chi connectivity index (χ3v) is 5.12. The Morgan fingerprint density at radius 1 is 1.62 bits per heavy atom. The first-order valence-electron chi connectivity index (χ1n) is 6.01. The topological polar surface area (TPSA) is 43.8 Å². The normalized spacial score (nSPS) is 20.4. The van der Waals surface area contributed by atoms with Crippen LogP contribution in [0.5, 0.6) is 0 Å². The fourth-order valence-corrected chi connectivity index (χ4v) is 3.25. The molecule has 0 aliphatic heterocycles. The highest BCUT2D eigenvalue weighted by atomic mass is 32.2. The zero-order valence-corrected chi connectivity index (χ0v) is 11.0. The summed E-state index contributed by atoms with van der Waals surface area (Å²) in [4.78, 5) is 4.24. The summed E-state index contributed by atoms with van der Waals surface area (Å²) in [7, 11) is 0. The Bertz CT molecular complexity index is 338. The van der Waals surface area contributed by atoms with Crippen molar-refractivity contribution in [2.45, 2.75) is 49.9 Å². The van der Waals surface area contributed by atoms with Gasteiger partial charge in [0.15, 0.2) is 0 Å². The summed E-state index contributed by atoms with van der Waals surface area (Å²) in [6.45, 7) is 3.19. The molecule has 0 saturated heterocycles. The molecule has 2 N–H and O–H groups in total. The van der Waals surface area contributed by atoms with Gasteiger partial charge in [-0.3, -0.25) is 0 Å². The van der Waals surface area contributed by atoms with E-state index in [-0.39, 0.29) is 6.04 Å². The maximum atomic E-state index is 6.09. The van der Waals surface area contributed by atoms with Crippen molar-refractivity contribution in [2.75, 3.05) is 6.26 Å². The first-order valence-corrected chi connectivity index (χ1v) is 7.24. The summed E-state index contributed by atoms with van der Waals surface area (Å²) in [6, 6.07) is 0.126. The Labute approximate surface area is 102 Å². The maximum Gasteiger partial charge on any atom is 0.0949 e. The molecule has 0 radical (unpaired) electrons. The first-order chi connectivity index (χ1) is 7.71. The molecule has 90 valence electrons. The smallest absolute Gasteiger partial charge is 0.0949 e. The van der Waals surface area contributed by atoms with Crippen LogP contribution in [0, 0.1) is 0 Å². The van der Waals surface area contributed by atoms with Gasteiger partial charge in [0.25, 0.3) is 0 Å². The van der Waals surface area contributed by atoms with Crippen LogP contribution >= 0.6 is 11.8 Å². The molecule has 1 atom stereocenters. The van der Waals surface area contributed by atoms with E-state index in [0.717, 1.165) is 13.0 Å². The van der Waals surface area contributed by atoms with Crippen molar-refractivity contribution in [2.24, 2.45) is 5.73 Å². The molecule has 1 aromatic rings. The second-order valence-corrected chi connectivity index (χ2v) is 5.98. The van der Waals surface area contributed by atoms with Gasteiger partial charge in [-0.25, -0.2) is 4.98 Å². The summed E-state index contributed by atoms with van der Waals surface area (Å²) < 4.78 is 2.70. The largest absolute Gasteiger partial charge is 0.332 e. The Morgan fingerprint density at radius 3 is 2.88 bits per heavy atom. The molecule has 4 heteroatoms. The molecule has 0 amide bonds. The highest BCUT2D eigenvalue weighted by Crippen LogP contribution is 2.44. The SMILES string of the molecule is CC[C@@H](N)c1cncn1CC1(SC)CCC1. The molecule has 1 aliphatic rings. The van der Waals surface area contributed by atoms with E-state index in [1.807, 2.05) is 24.3 Å². The zero-order chi connectivity index (χ0) is 11.6. The van der Waals surface area contributed by atoms with Crippen LogP contribution in [0.15, 0.2) is 12.5 Å². The molecule has 1 fully saturated rings. The van der Waals surface area contributed by atoms with E-state index >= 15 is 0 Å². The summed E-state index contributed by atoms with van der Waals surface area (Å²) in [5.74, 6) is 0. The second-order valence-electron chi connectivity index (χ2n) is 4.70. The minimum Gasteiger partial charge on any atom is -0.332 e. The number of imidazole rings is 1. The summed E-state index contributed by atoms with van der Waals surface area (Å²) in [5.41, 5.74) is 7.27. The van der Waals surface area contributed by atoms with E-state index in [1.165, 1.54) is 25.0 Å². The average Bonchev–Trinajstić information content (AvgIpc) is 2.70. The molecule has 1 aliphatic carbocycles. The van der Waals surface area contributed by atoms with Crippen molar-refractivity contribution >= 4 is 11.8 Å². The molecule has 1 aromatic heterocycles. The van der Waals surface area contributed by atoms with E-state index in [2.05, 4.69) is 22.7 Å². The predicted molar refractivity (Wildman–Crippen MR) is 69.5 cm³/mol. The molecule has 1 saturated carbocycles. The van der Waals surface area contributed by atoms with Crippen LogP contribution in [-0.2, 0) is 6.54 Å². The second kappa shape index (κ2) is 4.80. The van der Waals surface area contributed by atoms with Crippen LogP contribution in [-0.4, -0.2) is 20.6 Å². The first kappa shape index (κ1) is 12.0. The molecule has 2 rings (SSSR count). The number of nitrogens with zero attached hydrogens (tertiary/aromatic N) is 2.